The molecule has 1 aromatic carbocycles. The van der Waals surface area contributed by atoms with E-state index in [1.54, 1.807) is 24.0 Å². The summed E-state index contributed by atoms with van der Waals surface area (Å²) < 4.78 is 5.63. The quantitative estimate of drug-likeness (QED) is 0.648. The van der Waals surface area contributed by atoms with Crippen LogP contribution in [0.3, 0.4) is 0 Å². The van der Waals surface area contributed by atoms with Crippen molar-refractivity contribution in [2.75, 3.05) is 12.3 Å². The number of benzene rings is 1. The third kappa shape index (κ3) is 3.36. The van der Waals surface area contributed by atoms with Crippen LogP contribution >= 0.6 is 11.8 Å². The molecular weight excluding hydrogens is 288 g/mol. The maximum atomic E-state index is 12.1. The van der Waals surface area contributed by atoms with Gasteiger partial charge in [-0.05, 0) is 30.7 Å². The molecule has 2 N–H and O–H groups in total. The molecule has 0 saturated heterocycles. The molecule has 1 aliphatic rings. The molecule has 1 atom stereocenters. The molecule has 1 amide bonds. The number of rotatable bonds is 5. The molecule has 3 rings (SSSR count). The molecule has 0 radical (unpaired) electrons. The van der Waals surface area contributed by atoms with Crippen molar-refractivity contribution < 1.29 is 9.53 Å². The van der Waals surface area contributed by atoms with E-state index in [9.17, 15) is 4.79 Å². The summed E-state index contributed by atoms with van der Waals surface area (Å²) in [7, 11) is 0. The molecule has 21 heavy (non-hydrogen) atoms. The lowest BCUT2D eigenvalue weighted by Gasteiger charge is -2.06. The summed E-state index contributed by atoms with van der Waals surface area (Å²) in [6.45, 7) is 2.61. The lowest BCUT2D eigenvalue weighted by atomic mass is 10.1. The topological polar surface area (TPSA) is 79.9 Å². The van der Waals surface area contributed by atoms with E-state index >= 15 is 0 Å². The second kappa shape index (κ2) is 6.17. The number of aromatic amines is 1. The number of thioether (sulfide) groups is 1. The van der Waals surface area contributed by atoms with Crippen molar-refractivity contribution in [1.29, 1.82) is 0 Å². The molecule has 0 saturated carbocycles. The first-order chi connectivity index (χ1) is 10.2. The molecule has 1 aromatic heterocycles. The Balaban J connectivity index is 1.50. The Morgan fingerprint density at radius 3 is 3.29 bits per heavy atom. The summed E-state index contributed by atoms with van der Waals surface area (Å²) in [6, 6.07) is 5.59. The second-order valence-corrected chi connectivity index (χ2v) is 5.98. The van der Waals surface area contributed by atoms with Crippen molar-refractivity contribution in [2.24, 2.45) is 0 Å². The van der Waals surface area contributed by atoms with E-state index in [0.29, 0.717) is 12.1 Å². The number of carbonyl (C=O) groups excluding carboxylic acids is 1. The van der Waals surface area contributed by atoms with Crippen LogP contribution in [0.4, 0.5) is 0 Å². The predicted molar refractivity (Wildman–Crippen MR) is 79.7 cm³/mol. The SMILES string of the molecule is CC1Cc2cc(C(=O)NCCSc3cn[nH]n3)ccc2O1. The van der Waals surface area contributed by atoms with Gasteiger partial charge in [0.15, 0.2) is 0 Å². The Hall–Kier alpha value is -2.02. The van der Waals surface area contributed by atoms with Gasteiger partial charge in [-0.3, -0.25) is 4.79 Å². The molecule has 1 aliphatic heterocycles. The van der Waals surface area contributed by atoms with Crippen molar-refractivity contribution in [3.63, 3.8) is 0 Å². The van der Waals surface area contributed by atoms with Crippen LogP contribution in [0.1, 0.15) is 22.8 Å². The number of hydrogen-bond donors (Lipinski definition) is 2. The van der Waals surface area contributed by atoms with Crippen LogP contribution in [0, 0.1) is 0 Å². The van der Waals surface area contributed by atoms with E-state index in [-0.39, 0.29) is 12.0 Å². The second-order valence-electron chi connectivity index (χ2n) is 4.87. The van der Waals surface area contributed by atoms with Gasteiger partial charge in [-0.15, -0.1) is 16.9 Å². The van der Waals surface area contributed by atoms with Gasteiger partial charge in [-0.25, -0.2) is 0 Å². The molecule has 0 spiro atoms. The number of H-pyrrole nitrogens is 1. The summed E-state index contributed by atoms with van der Waals surface area (Å²) in [5.41, 5.74) is 1.78. The van der Waals surface area contributed by atoms with Crippen LogP contribution in [-0.2, 0) is 6.42 Å². The summed E-state index contributed by atoms with van der Waals surface area (Å²) in [6.07, 6.45) is 2.71. The van der Waals surface area contributed by atoms with Gasteiger partial charge < -0.3 is 10.1 Å². The van der Waals surface area contributed by atoms with E-state index < -0.39 is 0 Å². The van der Waals surface area contributed by atoms with Gasteiger partial charge in [-0.2, -0.15) is 10.3 Å². The summed E-state index contributed by atoms with van der Waals surface area (Å²) in [5, 5.41) is 13.9. The third-order valence-corrected chi connectivity index (χ3v) is 4.09. The average Bonchev–Trinajstić information content (AvgIpc) is 3.10. The zero-order chi connectivity index (χ0) is 14.7. The minimum absolute atomic E-state index is 0.0573. The van der Waals surface area contributed by atoms with Crippen LogP contribution in [-0.4, -0.2) is 39.7 Å². The highest BCUT2D eigenvalue weighted by molar-refractivity contribution is 7.99. The molecule has 0 aliphatic carbocycles. The normalized spacial score (nSPS) is 16.3. The molecule has 0 bridgehead atoms. The monoisotopic (exact) mass is 304 g/mol. The fourth-order valence-electron chi connectivity index (χ4n) is 2.25. The van der Waals surface area contributed by atoms with Gasteiger partial charge in [-0.1, -0.05) is 0 Å². The number of aromatic nitrogens is 3. The molecular formula is C14H16N4O2S. The van der Waals surface area contributed by atoms with Crippen LogP contribution < -0.4 is 10.1 Å². The zero-order valence-electron chi connectivity index (χ0n) is 11.6. The van der Waals surface area contributed by atoms with Gasteiger partial charge in [0.25, 0.3) is 5.91 Å². The van der Waals surface area contributed by atoms with Crippen LogP contribution in [0.2, 0.25) is 0 Å². The number of ether oxygens (including phenoxy) is 1. The maximum absolute atomic E-state index is 12.1. The van der Waals surface area contributed by atoms with E-state index in [1.165, 1.54) is 0 Å². The highest BCUT2D eigenvalue weighted by atomic mass is 32.2. The summed E-state index contributed by atoms with van der Waals surface area (Å²) in [4.78, 5) is 12.1. The lowest BCUT2D eigenvalue weighted by Crippen LogP contribution is -2.25. The number of carbonyl (C=O) groups is 1. The molecule has 2 heterocycles. The van der Waals surface area contributed by atoms with Gasteiger partial charge in [0, 0.05) is 24.3 Å². The Bertz CT molecular complexity index is 630. The van der Waals surface area contributed by atoms with Crippen molar-refractivity contribution in [3.05, 3.63) is 35.5 Å². The summed E-state index contributed by atoms with van der Waals surface area (Å²) in [5.74, 6) is 1.59. The van der Waals surface area contributed by atoms with Crippen molar-refractivity contribution in [2.45, 2.75) is 24.5 Å². The Morgan fingerprint density at radius 1 is 1.57 bits per heavy atom. The number of nitrogens with one attached hydrogen (secondary N) is 2. The van der Waals surface area contributed by atoms with Gasteiger partial charge in [0.1, 0.15) is 16.9 Å². The molecule has 2 aromatic rings. The number of nitrogens with zero attached hydrogens (tertiary/aromatic N) is 2. The minimum atomic E-state index is -0.0573. The first-order valence-corrected chi connectivity index (χ1v) is 7.77. The van der Waals surface area contributed by atoms with Crippen LogP contribution in [0.25, 0.3) is 0 Å². The molecule has 6 nitrogen and oxygen atoms in total. The Labute approximate surface area is 126 Å². The molecule has 1 unspecified atom stereocenters. The highest BCUT2D eigenvalue weighted by Gasteiger charge is 2.20. The first-order valence-electron chi connectivity index (χ1n) is 6.79. The standard InChI is InChI=1S/C14H16N4O2S/c1-9-6-11-7-10(2-3-12(11)20-9)14(19)15-4-5-21-13-8-16-18-17-13/h2-3,7-9H,4-6H2,1H3,(H,15,19)(H,16,17,18). The molecule has 0 fully saturated rings. The zero-order valence-corrected chi connectivity index (χ0v) is 12.4. The smallest absolute Gasteiger partial charge is 0.251 e. The van der Waals surface area contributed by atoms with E-state index in [2.05, 4.69) is 20.7 Å². The van der Waals surface area contributed by atoms with E-state index in [4.69, 9.17) is 4.74 Å². The van der Waals surface area contributed by atoms with Crippen molar-refractivity contribution >= 4 is 17.7 Å². The number of hydrogen-bond acceptors (Lipinski definition) is 5. The van der Waals surface area contributed by atoms with Crippen molar-refractivity contribution in [3.8, 4) is 5.75 Å². The van der Waals surface area contributed by atoms with E-state index in [1.807, 2.05) is 19.1 Å². The van der Waals surface area contributed by atoms with Crippen LogP contribution in [0.5, 0.6) is 5.75 Å². The molecule has 7 heteroatoms. The highest BCUT2D eigenvalue weighted by Crippen LogP contribution is 2.29. The fraction of sp³-hybridized carbons (Fsp3) is 0.357. The van der Waals surface area contributed by atoms with Gasteiger partial charge >= 0.3 is 0 Å². The number of amides is 1. The Morgan fingerprint density at radius 2 is 2.48 bits per heavy atom. The predicted octanol–water partition coefficient (Wildman–Crippen LogP) is 1.65. The van der Waals surface area contributed by atoms with Crippen molar-refractivity contribution in [1.82, 2.24) is 20.7 Å². The fourth-order valence-corrected chi connectivity index (χ4v) is 2.89. The summed E-state index contributed by atoms with van der Waals surface area (Å²) >= 11 is 1.55. The largest absolute Gasteiger partial charge is 0.490 e. The van der Waals surface area contributed by atoms with E-state index in [0.717, 1.165) is 28.5 Å². The number of fused-ring (bicyclic) bond motifs is 1. The first kappa shape index (κ1) is 13.9. The van der Waals surface area contributed by atoms with Gasteiger partial charge in [0.2, 0.25) is 0 Å². The third-order valence-electron chi connectivity index (χ3n) is 3.19. The Kier molecular flexibility index (Phi) is 4.10. The average molecular weight is 304 g/mol. The molecule has 110 valence electrons. The lowest BCUT2D eigenvalue weighted by molar-refractivity contribution is 0.0956. The minimum Gasteiger partial charge on any atom is -0.490 e. The maximum Gasteiger partial charge on any atom is 0.251 e. The van der Waals surface area contributed by atoms with Gasteiger partial charge in [0.05, 0.1) is 6.20 Å². The van der Waals surface area contributed by atoms with Crippen LogP contribution in [0.15, 0.2) is 29.4 Å².